The number of nitrogens with one attached hydrogen (secondary N) is 1. The highest BCUT2D eigenvalue weighted by molar-refractivity contribution is 5.96. The van der Waals surface area contributed by atoms with Crippen LogP contribution in [0.2, 0.25) is 0 Å². The van der Waals surface area contributed by atoms with Crippen LogP contribution in [0, 0.1) is 24.6 Å². The quantitative estimate of drug-likeness (QED) is 0.844. The first-order valence-corrected chi connectivity index (χ1v) is 7.08. The number of benzene rings is 1. The van der Waals surface area contributed by atoms with Gasteiger partial charge in [0.1, 0.15) is 5.82 Å². The Morgan fingerprint density at radius 3 is 2.95 bits per heavy atom. The van der Waals surface area contributed by atoms with Crippen LogP contribution in [0.25, 0.3) is 0 Å². The van der Waals surface area contributed by atoms with Gasteiger partial charge in [-0.25, -0.2) is 4.39 Å². The standard InChI is InChI=1S/C16H22FNO/c1-11(14-4-3-7-18-10-14)9-16(19)13-5-6-15(17)12(2)8-13/h5-6,8,11,14,18H,3-4,7,9-10H2,1-2H3. The Balaban J connectivity index is 1.97. The molecule has 1 N–H and O–H groups in total. The molecule has 1 fully saturated rings. The maximum absolute atomic E-state index is 13.2. The van der Waals surface area contributed by atoms with Gasteiger partial charge in [-0.2, -0.15) is 0 Å². The van der Waals surface area contributed by atoms with Crippen molar-refractivity contribution in [2.45, 2.75) is 33.1 Å². The topological polar surface area (TPSA) is 29.1 Å². The minimum absolute atomic E-state index is 0.126. The summed E-state index contributed by atoms with van der Waals surface area (Å²) in [5, 5.41) is 3.38. The average Bonchev–Trinajstić information content (AvgIpc) is 2.42. The minimum atomic E-state index is -0.249. The van der Waals surface area contributed by atoms with Crippen molar-refractivity contribution in [2.24, 2.45) is 11.8 Å². The molecule has 0 amide bonds. The third-order valence-corrected chi connectivity index (χ3v) is 4.13. The molecular formula is C16H22FNO. The first-order chi connectivity index (χ1) is 9.08. The molecule has 104 valence electrons. The van der Waals surface area contributed by atoms with E-state index in [1.807, 2.05) is 0 Å². The molecule has 0 spiro atoms. The molecule has 0 radical (unpaired) electrons. The van der Waals surface area contributed by atoms with Crippen LogP contribution in [-0.2, 0) is 0 Å². The molecule has 0 bridgehead atoms. The molecule has 1 saturated heterocycles. The zero-order chi connectivity index (χ0) is 13.8. The SMILES string of the molecule is Cc1cc(C(=O)CC(C)C2CCCNC2)ccc1F. The fourth-order valence-electron chi connectivity index (χ4n) is 2.76. The maximum Gasteiger partial charge on any atom is 0.163 e. The van der Waals surface area contributed by atoms with E-state index in [0.717, 1.165) is 13.1 Å². The van der Waals surface area contributed by atoms with Gasteiger partial charge >= 0.3 is 0 Å². The van der Waals surface area contributed by atoms with Crippen LogP contribution in [0.4, 0.5) is 4.39 Å². The van der Waals surface area contributed by atoms with Gasteiger partial charge in [0, 0.05) is 12.0 Å². The number of carbonyl (C=O) groups excluding carboxylic acids is 1. The summed E-state index contributed by atoms with van der Waals surface area (Å²) >= 11 is 0. The molecule has 0 saturated carbocycles. The van der Waals surface area contributed by atoms with Crippen molar-refractivity contribution < 1.29 is 9.18 Å². The summed E-state index contributed by atoms with van der Waals surface area (Å²) in [6, 6.07) is 4.63. The molecule has 0 aliphatic carbocycles. The van der Waals surface area contributed by atoms with Crippen molar-refractivity contribution in [3.8, 4) is 0 Å². The van der Waals surface area contributed by atoms with Gasteiger partial charge in [-0.3, -0.25) is 4.79 Å². The van der Waals surface area contributed by atoms with E-state index < -0.39 is 0 Å². The Hall–Kier alpha value is -1.22. The molecular weight excluding hydrogens is 241 g/mol. The van der Waals surface area contributed by atoms with Crippen molar-refractivity contribution >= 4 is 5.78 Å². The van der Waals surface area contributed by atoms with E-state index in [1.165, 1.54) is 18.9 Å². The second-order valence-corrected chi connectivity index (χ2v) is 5.67. The highest BCUT2D eigenvalue weighted by Crippen LogP contribution is 2.24. The highest BCUT2D eigenvalue weighted by Gasteiger charge is 2.22. The smallest absolute Gasteiger partial charge is 0.163 e. The van der Waals surface area contributed by atoms with Gasteiger partial charge in [0.2, 0.25) is 0 Å². The molecule has 2 unspecified atom stereocenters. The van der Waals surface area contributed by atoms with E-state index in [1.54, 1.807) is 19.1 Å². The maximum atomic E-state index is 13.2. The first kappa shape index (κ1) is 14.2. The lowest BCUT2D eigenvalue weighted by atomic mass is 9.83. The summed E-state index contributed by atoms with van der Waals surface area (Å²) in [6.45, 7) is 5.94. The van der Waals surface area contributed by atoms with Gasteiger partial charge in [0.05, 0.1) is 0 Å². The Morgan fingerprint density at radius 1 is 1.53 bits per heavy atom. The number of rotatable bonds is 4. The van der Waals surface area contributed by atoms with Crippen molar-refractivity contribution in [2.75, 3.05) is 13.1 Å². The van der Waals surface area contributed by atoms with Crippen molar-refractivity contribution in [3.63, 3.8) is 0 Å². The summed E-state index contributed by atoms with van der Waals surface area (Å²) < 4.78 is 13.2. The van der Waals surface area contributed by atoms with Gasteiger partial charge in [0.15, 0.2) is 5.78 Å². The van der Waals surface area contributed by atoms with Gasteiger partial charge in [-0.1, -0.05) is 6.92 Å². The van der Waals surface area contributed by atoms with Crippen LogP contribution in [0.5, 0.6) is 0 Å². The number of carbonyl (C=O) groups is 1. The lowest BCUT2D eigenvalue weighted by Gasteiger charge is -2.28. The number of aryl methyl sites for hydroxylation is 1. The van der Waals surface area contributed by atoms with E-state index in [0.29, 0.717) is 29.4 Å². The average molecular weight is 263 g/mol. The number of halogens is 1. The van der Waals surface area contributed by atoms with E-state index >= 15 is 0 Å². The molecule has 0 aromatic heterocycles. The Morgan fingerprint density at radius 2 is 2.32 bits per heavy atom. The molecule has 1 aliphatic heterocycles. The monoisotopic (exact) mass is 263 g/mol. The van der Waals surface area contributed by atoms with Crippen LogP contribution in [0.15, 0.2) is 18.2 Å². The molecule has 2 nitrogen and oxygen atoms in total. The van der Waals surface area contributed by atoms with Gasteiger partial charge in [-0.15, -0.1) is 0 Å². The second-order valence-electron chi connectivity index (χ2n) is 5.67. The third-order valence-electron chi connectivity index (χ3n) is 4.13. The number of ketones is 1. The zero-order valence-corrected chi connectivity index (χ0v) is 11.7. The summed E-state index contributed by atoms with van der Waals surface area (Å²) in [5.41, 5.74) is 1.17. The molecule has 1 aromatic carbocycles. The number of hydrogen-bond acceptors (Lipinski definition) is 2. The first-order valence-electron chi connectivity index (χ1n) is 7.08. The lowest BCUT2D eigenvalue weighted by Crippen LogP contribution is -2.34. The summed E-state index contributed by atoms with van der Waals surface area (Å²) in [6.07, 6.45) is 2.94. The van der Waals surface area contributed by atoms with Crippen molar-refractivity contribution in [1.82, 2.24) is 5.32 Å². The number of hydrogen-bond donors (Lipinski definition) is 1. The van der Waals surface area contributed by atoms with E-state index in [-0.39, 0.29) is 11.6 Å². The molecule has 1 aliphatic rings. The van der Waals surface area contributed by atoms with Gasteiger partial charge < -0.3 is 5.32 Å². The Bertz CT molecular complexity index is 452. The molecule has 3 heteroatoms. The summed E-state index contributed by atoms with van der Waals surface area (Å²) in [4.78, 5) is 12.2. The van der Waals surface area contributed by atoms with Crippen LogP contribution in [0.1, 0.15) is 42.1 Å². The molecule has 1 aromatic rings. The lowest BCUT2D eigenvalue weighted by molar-refractivity contribution is 0.0943. The van der Waals surface area contributed by atoms with Crippen molar-refractivity contribution in [1.29, 1.82) is 0 Å². The number of Topliss-reactive ketones (excluding diaryl/α,β-unsaturated/α-hetero) is 1. The molecule has 2 rings (SSSR count). The van der Waals surface area contributed by atoms with Crippen LogP contribution >= 0.6 is 0 Å². The van der Waals surface area contributed by atoms with Crippen LogP contribution in [0.3, 0.4) is 0 Å². The molecule has 1 heterocycles. The highest BCUT2D eigenvalue weighted by atomic mass is 19.1. The predicted molar refractivity (Wildman–Crippen MR) is 74.8 cm³/mol. The van der Waals surface area contributed by atoms with E-state index in [2.05, 4.69) is 12.2 Å². The summed E-state index contributed by atoms with van der Waals surface area (Å²) in [7, 11) is 0. The van der Waals surface area contributed by atoms with Gasteiger partial charge in [0.25, 0.3) is 0 Å². The summed E-state index contributed by atoms with van der Waals surface area (Å²) in [5.74, 6) is 0.840. The van der Waals surface area contributed by atoms with E-state index in [4.69, 9.17) is 0 Å². The van der Waals surface area contributed by atoms with Crippen molar-refractivity contribution in [3.05, 3.63) is 35.1 Å². The predicted octanol–water partition coefficient (Wildman–Crippen LogP) is 3.34. The third kappa shape index (κ3) is 3.63. The van der Waals surface area contributed by atoms with Crippen LogP contribution < -0.4 is 5.32 Å². The normalized spacial score (nSPS) is 21.1. The Labute approximate surface area is 114 Å². The molecule has 19 heavy (non-hydrogen) atoms. The Kier molecular flexibility index (Phi) is 4.70. The van der Waals surface area contributed by atoms with E-state index in [9.17, 15) is 9.18 Å². The fraction of sp³-hybridized carbons (Fsp3) is 0.562. The minimum Gasteiger partial charge on any atom is -0.316 e. The van der Waals surface area contributed by atoms with Gasteiger partial charge in [-0.05, 0) is 68.5 Å². The fourth-order valence-corrected chi connectivity index (χ4v) is 2.76. The van der Waals surface area contributed by atoms with Crippen LogP contribution in [-0.4, -0.2) is 18.9 Å². The number of piperidine rings is 1. The largest absolute Gasteiger partial charge is 0.316 e. The molecule has 2 atom stereocenters. The zero-order valence-electron chi connectivity index (χ0n) is 11.7. The second kappa shape index (κ2) is 6.29.